The van der Waals surface area contributed by atoms with Crippen molar-refractivity contribution < 1.29 is 9.47 Å². The Morgan fingerprint density at radius 1 is 0.636 bits per heavy atom. The second-order valence-corrected chi connectivity index (χ2v) is 5.10. The Morgan fingerprint density at radius 3 is 1.73 bits per heavy atom. The Labute approximate surface area is 133 Å². The molecular weight excluding hydrogens is 298 g/mol. The number of para-hydroxylation sites is 2. The van der Waals surface area contributed by atoms with E-state index in [1.165, 1.54) is 0 Å². The third-order valence-electron chi connectivity index (χ3n) is 3.02. The maximum Gasteiger partial charge on any atom is 0.150 e. The molecule has 22 heavy (non-hydrogen) atoms. The highest BCUT2D eigenvalue weighted by atomic mass is 35.5. The molecule has 0 spiro atoms. The zero-order valence-corrected chi connectivity index (χ0v) is 12.5. The van der Waals surface area contributed by atoms with Crippen LogP contribution in [0.2, 0.25) is 5.02 Å². The number of nitrogens with two attached hydrogens (primary N) is 1. The Morgan fingerprint density at radius 2 is 1.14 bits per heavy atom. The Hall–Kier alpha value is -2.65. The first-order chi connectivity index (χ1) is 10.7. The van der Waals surface area contributed by atoms with Gasteiger partial charge in [0.2, 0.25) is 0 Å². The van der Waals surface area contributed by atoms with Gasteiger partial charge in [-0.05, 0) is 60.7 Å². The standard InChI is InChI=1S/C18H14ClNO2/c19-13-5-7-14(8-6-13)21-15-9-11-16(12-10-15)22-18-4-2-1-3-17(18)20/h1-12H,20H2. The van der Waals surface area contributed by atoms with E-state index in [0.717, 1.165) is 11.5 Å². The molecule has 0 bridgehead atoms. The van der Waals surface area contributed by atoms with E-state index >= 15 is 0 Å². The molecule has 0 aliphatic heterocycles. The Balaban J connectivity index is 1.70. The molecule has 0 atom stereocenters. The highest BCUT2D eigenvalue weighted by Gasteiger charge is 2.02. The molecule has 0 aliphatic rings. The monoisotopic (exact) mass is 311 g/mol. The molecule has 0 saturated carbocycles. The summed E-state index contributed by atoms with van der Waals surface area (Å²) in [5.41, 5.74) is 6.45. The second-order valence-electron chi connectivity index (χ2n) is 4.67. The largest absolute Gasteiger partial charge is 0.457 e. The summed E-state index contributed by atoms with van der Waals surface area (Å²) >= 11 is 5.84. The van der Waals surface area contributed by atoms with E-state index in [-0.39, 0.29) is 0 Å². The minimum atomic E-state index is 0.601. The fraction of sp³-hybridized carbons (Fsp3) is 0. The second kappa shape index (κ2) is 6.41. The van der Waals surface area contributed by atoms with Crippen molar-refractivity contribution in [2.75, 3.05) is 5.73 Å². The predicted molar refractivity (Wildman–Crippen MR) is 88.9 cm³/mol. The van der Waals surface area contributed by atoms with Crippen LogP contribution in [-0.4, -0.2) is 0 Å². The van der Waals surface area contributed by atoms with Crippen LogP contribution in [-0.2, 0) is 0 Å². The summed E-state index contributed by atoms with van der Waals surface area (Å²) in [6, 6.07) is 21.9. The number of anilines is 1. The van der Waals surface area contributed by atoms with Gasteiger partial charge in [-0.25, -0.2) is 0 Å². The molecule has 0 saturated heterocycles. The molecule has 2 N–H and O–H groups in total. The molecule has 3 nitrogen and oxygen atoms in total. The van der Waals surface area contributed by atoms with E-state index < -0.39 is 0 Å². The van der Waals surface area contributed by atoms with Crippen LogP contribution in [0.3, 0.4) is 0 Å². The van der Waals surface area contributed by atoms with Crippen molar-refractivity contribution in [1.29, 1.82) is 0 Å². The van der Waals surface area contributed by atoms with Crippen molar-refractivity contribution in [1.82, 2.24) is 0 Å². The average Bonchev–Trinajstić information content (AvgIpc) is 2.54. The smallest absolute Gasteiger partial charge is 0.150 e. The first kappa shape index (κ1) is 14.3. The molecule has 0 radical (unpaired) electrons. The normalized spacial score (nSPS) is 10.2. The molecule has 0 heterocycles. The van der Waals surface area contributed by atoms with Crippen molar-refractivity contribution >= 4 is 17.3 Å². The highest BCUT2D eigenvalue weighted by molar-refractivity contribution is 6.30. The zero-order chi connectivity index (χ0) is 15.4. The maximum absolute atomic E-state index is 5.85. The molecule has 4 heteroatoms. The van der Waals surface area contributed by atoms with Gasteiger partial charge in [-0.1, -0.05) is 23.7 Å². The van der Waals surface area contributed by atoms with Crippen molar-refractivity contribution in [2.24, 2.45) is 0 Å². The summed E-state index contributed by atoms with van der Waals surface area (Å²) in [5.74, 6) is 2.77. The van der Waals surface area contributed by atoms with Crippen LogP contribution < -0.4 is 15.2 Å². The van der Waals surface area contributed by atoms with Gasteiger partial charge < -0.3 is 15.2 Å². The van der Waals surface area contributed by atoms with E-state index in [1.54, 1.807) is 18.2 Å². The van der Waals surface area contributed by atoms with Crippen LogP contribution in [0, 0.1) is 0 Å². The first-order valence-corrected chi connectivity index (χ1v) is 7.14. The van der Waals surface area contributed by atoms with Crippen molar-refractivity contribution in [2.45, 2.75) is 0 Å². The third kappa shape index (κ3) is 3.51. The van der Waals surface area contributed by atoms with Gasteiger partial charge in [0.1, 0.15) is 23.0 Å². The van der Waals surface area contributed by atoms with Crippen LogP contribution in [0.5, 0.6) is 23.0 Å². The molecule has 3 rings (SSSR count). The van der Waals surface area contributed by atoms with Crippen LogP contribution in [0.15, 0.2) is 72.8 Å². The first-order valence-electron chi connectivity index (χ1n) is 6.76. The van der Waals surface area contributed by atoms with Gasteiger partial charge in [0.15, 0.2) is 0 Å². The molecule has 0 aliphatic carbocycles. The van der Waals surface area contributed by atoms with E-state index in [0.29, 0.717) is 22.2 Å². The number of hydrogen-bond donors (Lipinski definition) is 1. The Bertz CT molecular complexity index is 755. The number of rotatable bonds is 4. The molecule has 0 unspecified atom stereocenters. The maximum atomic E-state index is 5.85. The SMILES string of the molecule is Nc1ccccc1Oc1ccc(Oc2ccc(Cl)cc2)cc1. The van der Waals surface area contributed by atoms with Gasteiger partial charge >= 0.3 is 0 Å². The van der Waals surface area contributed by atoms with Crippen LogP contribution >= 0.6 is 11.6 Å². The minimum Gasteiger partial charge on any atom is -0.457 e. The lowest BCUT2D eigenvalue weighted by molar-refractivity contribution is 0.470. The van der Waals surface area contributed by atoms with Gasteiger partial charge in [0, 0.05) is 5.02 Å². The van der Waals surface area contributed by atoms with Crippen molar-refractivity contribution in [3.05, 3.63) is 77.8 Å². The van der Waals surface area contributed by atoms with Crippen LogP contribution in [0.25, 0.3) is 0 Å². The number of halogens is 1. The van der Waals surface area contributed by atoms with Gasteiger partial charge in [-0.3, -0.25) is 0 Å². The molecular formula is C18H14ClNO2. The lowest BCUT2D eigenvalue weighted by Crippen LogP contribution is -1.91. The summed E-state index contributed by atoms with van der Waals surface area (Å²) in [4.78, 5) is 0. The molecule has 110 valence electrons. The van der Waals surface area contributed by atoms with Crippen molar-refractivity contribution in [3.63, 3.8) is 0 Å². The zero-order valence-electron chi connectivity index (χ0n) is 11.7. The summed E-state index contributed by atoms with van der Waals surface area (Å²) < 4.78 is 11.5. The van der Waals surface area contributed by atoms with E-state index in [1.807, 2.05) is 54.6 Å². The number of benzene rings is 3. The fourth-order valence-electron chi connectivity index (χ4n) is 1.91. The number of ether oxygens (including phenoxy) is 2. The Kier molecular flexibility index (Phi) is 4.17. The average molecular weight is 312 g/mol. The fourth-order valence-corrected chi connectivity index (χ4v) is 2.04. The highest BCUT2D eigenvalue weighted by Crippen LogP contribution is 2.29. The van der Waals surface area contributed by atoms with Gasteiger partial charge in [0.25, 0.3) is 0 Å². The van der Waals surface area contributed by atoms with E-state index in [9.17, 15) is 0 Å². The van der Waals surface area contributed by atoms with Crippen molar-refractivity contribution in [3.8, 4) is 23.0 Å². The molecule has 0 fully saturated rings. The lowest BCUT2D eigenvalue weighted by atomic mass is 10.3. The lowest BCUT2D eigenvalue weighted by Gasteiger charge is -2.09. The minimum absolute atomic E-state index is 0.601. The molecule has 3 aromatic rings. The van der Waals surface area contributed by atoms with Crippen LogP contribution in [0.4, 0.5) is 5.69 Å². The third-order valence-corrected chi connectivity index (χ3v) is 3.27. The summed E-state index contributed by atoms with van der Waals surface area (Å²) in [7, 11) is 0. The summed E-state index contributed by atoms with van der Waals surface area (Å²) in [6.07, 6.45) is 0. The summed E-state index contributed by atoms with van der Waals surface area (Å²) in [5, 5.41) is 0.677. The van der Waals surface area contributed by atoms with E-state index in [2.05, 4.69) is 0 Å². The number of nitrogen functional groups attached to an aromatic ring is 1. The topological polar surface area (TPSA) is 44.5 Å². The van der Waals surface area contributed by atoms with Gasteiger partial charge in [-0.15, -0.1) is 0 Å². The van der Waals surface area contributed by atoms with Gasteiger partial charge in [0.05, 0.1) is 5.69 Å². The molecule has 0 amide bonds. The summed E-state index contributed by atoms with van der Waals surface area (Å²) in [6.45, 7) is 0. The number of hydrogen-bond acceptors (Lipinski definition) is 3. The van der Waals surface area contributed by atoms with E-state index in [4.69, 9.17) is 26.8 Å². The van der Waals surface area contributed by atoms with Gasteiger partial charge in [-0.2, -0.15) is 0 Å². The van der Waals surface area contributed by atoms with Crippen LogP contribution in [0.1, 0.15) is 0 Å². The predicted octanol–water partition coefficient (Wildman–Crippen LogP) is 5.51. The molecule has 0 aromatic heterocycles. The quantitative estimate of drug-likeness (QED) is 0.646. The molecule has 3 aromatic carbocycles.